The SMILES string of the molecule is N#CC(C#N)(CCC(F)(F)F)Cc1cncnc1. The van der Waals surface area contributed by atoms with Crippen LogP contribution in [0.25, 0.3) is 0 Å². The molecular formula is C11H9F3N4. The van der Waals surface area contributed by atoms with Crippen LogP contribution in [0.15, 0.2) is 18.7 Å². The van der Waals surface area contributed by atoms with Gasteiger partial charge in [-0.1, -0.05) is 0 Å². The van der Waals surface area contributed by atoms with Crippen molar-refractivity contribution < 1.29 is 13.2 Å². The zero-order chi connectivity index (χ0) is 13.6. The van der Waals surface area contributed by atoms with Gasteiger partial charge in [0.05, 0.1) is 12.1 Å². The number of alkyl halides is 3. The Morgan fingerprint density at radius 1 is 1.06 bits per heavy atom. The zero-order valence-electron chi connectivity index (χ0n) is 9.28. The average Bonchev–Trinajstić information content (AvgIpc) is 2.35. The Balaban J connectivity index is 2.83. The molecule has 0 fully saturated rings. The molecule has 0 saturated heterocycles. The van der Waals surface area contributed by atoms with Gasteiger partial charge in [-0.15, -0.1) is 0 Å². The predicted molar refractivity (Wildman–Crippen MR) is 54.7 cm³/mol. The van der Waals surface area contributed by atoms with Crippen LogP contribution >= 0.6 is 0 Å². The van der Waals surface area contributed by atoms with Crippen LogP contribution in [0.4, 0.5) is 13.2 Å². The minimum Gasteiger partial charge on any atom is -0.245 e. The number of halogens is 3. The fraction of sp³-hybridized carbons (Fsp3) is 0.455. The first-order chi connectivity index (χ1) is 8.41. The topological polar surface area (TPSA) is 73.4 Å². The van der Waals surface area contributed by atoms with Crippen molar-refractivity contribution in [2.45, 2.75) is 25.4 Å². The van der Waals surface area contributed by atoms with Crippen molar-refractivity contribution in [3.63, 3.8) is 0 Å². The summed E-state index contributed by atoms with van der Waals surface area (Å²) in [7, 11) is 0. The van der Waals surface area contributed by atoms with E-state index in [2.05, 4.69) is 9.97 Å². The number of rotatable bonds is 4. The standard InChI is InChI=1S/C11H9F3N4/c12-11(13,14)2-1-10(6-15,7-16)3-9-4-17-8-18-5-9/h4-5,8H,1-3H2. The second-order valence-corrected chi connectivity index (χ2v) is 3.84. The second-order valence-electron chi connectivity index (χ2n) is 3.84. The van der Waals surface area contributed by atoms with Crippen LogP contribution in [0.2, 0.25) is 0 Å². The molecule has 0 spiro atoms. The van der Waals surface area contributed by atoms with Crippen LogP contribution in [0.5, 0.6) is 0 Å². The molecule has 0 N–H and O–H groups in total. The van der Waals surface area contributed by atoms with Gasteiger partial charge < -0.3 is 0 Å². The number of nitrogens with zero attached hydrogens (tertiary/aromatic N) is 4. The summed E-state index contributed by atoms with van der Waals surface area (Å²) >= 11 is 0. The Hall–Kier alpha value is -2.15. The van der Waals surface area contributed by atoms with E-state index in [4.69, 9.17) is 10.5 Å². The summed E-state index contributed by atoms with van der Waals surface area (Å²) < 4.78 is 36.5. The van der Waals surface area contributed by atoms with Crippen molar-refractivity contribution in [1.82, 2.24) is 9.97 Å². The molecule has 0 aliphatic carbocycles. The number of hydrogen-bond donors (Lipinski definition) is 0. The number of aromatic nitrogens is 2. The van der Waals surface area contributed by atoms with E-state index in [9.17, 15) is 13.2 Å². The smallest absolute Gasteiger partial charge is 0.245 e. The summed E-state index contributed by atoms with van der Waals surface area (Å²) in [5.74, 6) is 0. The van der Waals surface area contributed by atoms with Gasteiger partial charge in [0.15, 0.2) is 0 Å². The maximum absolute atomic E-state index is 12.2. The third-order valence-electron chi connectivity index (χ3n) is 2.38. The fourth-order valence-electron chi connectivity index (χ4n) is 1.43. The molecule has 94 valence electrons. The van der Waals surface area contributed by atoms with E-state index in [1.807, 2.05) is 0 Å². The lowest BCUT2D eigenvalue weighted by atomic mass is 9.81. The largest absolute Gasteiger partial charge is 0.389 e. The molecule has 1 aromatic heterocycles. The third kappa shape index (κ3) is 4.02. The second kappa shape index (κ2) is 5.46. The molecule has 1 rings (SSSR count). The van der Waals surface area contributed by atoms with Crippen LogP contribution in [0.1, 0.15) is 18.4 Å². The molecule has 0 amide bonds. The highest BCUT2D eigenvalue weighted by Gasteiger charge is 2.37. The van der Waals surface area contributed by atoms with Gasteiger partial charge in [-0.2, -0.15) is 23.7 Å². The van der Waals surface area contributed by atoms with E-state index in [1.165, 1.54) is 18.7 Å². The molecular weight excluding hydrogens is 245 g/mol. The maximum atomic E-state index is 12.2. The van der Waals surface area contributed by atoms with Crippen LogP contribution in [-0.4, -0.2) is 16.1 Å². The fourth-order valence-corrected chi connectivity index (χ4v) is 1.43. The first-order valence-corrected chi connectivity index (χ1v) is 5.04. The van der Waals surface area contributed by atoms with Gasteiger partial charge in [-0.25, -0.2) is 9.97 Å². The lowest BCUT2D eigenvalue weighted by Gasteiger charge is -2.18. The molecule has 1 aromatic rings. The van der Waals surface area contributed by atoms with Crippen molar-refractivity contribution in [3.05, 3.63) is 24.3 Å². The monoisotopic (exact) mass is 254 g/mol. The van der Waals surface area contributed by atoms with Crippen LogP contribution < -0.4 is 0 Å². The summed E-state index contributed by atoms with van der Waals surface area (Å²) in [6, 6.07) is 3.34. The Morgan fingerprint density at radius 2 is 1.61 bits per heavy atom. The lowest BCUT2D eigenvalue weighted by Crippen LogP contribution is -2.23. The zero-order valence-corrected chi connectivity index (χ0v) is 9.28. The van der Waals surface area contributed by atoms with E-state index in [0.29, 0.717) is 5.56 Å². The molecule has 4 nitrogen and oxygen atoms in total. The Bertz CT molecular complexity index is 456. The van der Waals surface area contributed by atoms with Gasteiger partial charge in [0.25, 0.3) is 0 Å². The third-order valence-corrected chi connectivity index (χ3v) is 2.38. The quantitative estimate of drug-likeness (QED) is 0.826. The Kier molecular flexibility index (Phi) is 4.22. The minimum atomic E-state index is -4.38. The predicted octanol–water partition coefficient (Wildman–Crippen LogP) is 2.40. The van der Waals surface area contributed by atoms with Gasteiger partial charge >= 0.3 is 6.18 Å². The molecule has 18 heavy (non-hydrogen) atoms. The summed E-state index contributed by atoms with van der Waals surface area (Å²) in [5, 5.41) is 17.9. The van der Waals surface area contributed by atoms with Crippen LogP contribution in [-0.2, 0) is 6.42 Å². The molecule has 1 heterocycles. The first-order valence-electron chi connectivity index (χ1n) is 5.04. The molecule has 0 aliphatic rings. The summed E-state index contributed by atoms with van der Waals surface area (Å²) in [5.41, 5.74) is -1.23. The van der Waals surface area contributed by atoms with Crippen molar-refractivity contribution in [2.24, 2.45) is 5.41 Å². The summed E-state index contributed by atoms with van der Waals surface area (Å²) in [6.45, 7) is 0. The van der Waals surface area contributed by atoms with E-state index in [0.717, 1.165) is 0 Å². The Labute approximate surface area is 102 Å². The molecule has 0 unspecified atom stereocenters. The van der Waals surface area contributed by atoms with Gasteiger partial charge in [-0.3, -0.25) is 0 Å². The van der Waals surface area contributed by atoms with Gasteiger partial charge in [0.1, 0.15) is 11.7 Å². The van der Waals surface area contributed by atoms with E-state index in [1.54, 1.807) is 12.1 Å². The van der Waals surface area contributed by atoms with Gasteiger partial charge in [0, 0.05) is 25.2 Å². The number of hydrogen-bond acceptors (Lipinski definition) is 4. The minimum absolute atomic E-state index is 0.114. The summed E-state index contributed by atoms with van der Waals surface area (Å²) in [4.78, 5) is 7.39. The highest BCUT2D eigenvalue weighted by Crippen LogP contribution is 2.32. The van der Waals surface area contributed by atoms with E-state index in [-0.39, 0.29) is 6.42 Å². The van der Waals surface area contributed by atoms with Crippen LogP contribution in [0.3, 0.4) is 0 Å². The van der Waals surface area contributed by atoms with Crippen molar-refractivity contribution in [2.75, 3.05) is 0 Å². The maximum Gasteiger partial charge on any atom is 0.389 e. The average molecular weight is 254 g/mol. The molecule has 0 radical (unpaired) electrons. The van der Waals surface area contributed by atoms with Crippen molar-refractivity contribution >= 4 is 0 Å². The lowest BCUT2D eigenvalue weighted by molar-refractivity contribution is -0.138. The van der Waals surface area contributed by atoms with Crippen LogP contribution in [0, 0.1) is 28.1 Å². The van der Waals surface area contributed by atoms with E-state index < -0.39 is 24.4 Å². The molecule has 0 aromatic carbocycles. The molecule has 0 aliphatic heterocycles. The van der Waals surface area contributed by atoms with Gasteiger partial charge in [0.2, 0.25) is 0 Å². The molecule has 0 saturated carbocycles. The van der Waals surface area contributed by atoms with Crippen molar-refractivity contribution in [1.29, 1.82) is 10.5 Å². The number of nitriles is 2. The van der Waals surface area contributed by atoms with E-state index >= 15 is 0 Å². The van der Waals surface area contributed by atoms with Crippen molar-refractivity contribution in [3.8, 4) is 12.1 Å². The van der Waals surface area contributed by atoms with Gasteiger partial charge in [-0.05, 0) is 12.0 Å². The first kappa shape index (κ1) is 13.9. The summed E-state index contributed by atoms with van der Waals surface area (Å²) in [6.07, 6.45) is -2.20. The highest BCUT2D eigenvalue weighted by atomic mass is 19.4. The molecule has 0 bridgehead atoms. The normalized spacial score (nSPS) is 11.6. The molecule has 0 atom stereocenters. The molecule has 7 heteroatoms. The Morgan fingerprint density at radius 3 is 2.06 bits per heavy atom. The highest BCUT2D eigenvalue weighted by molar-refractivity contribution is 5.20.